The molecule has 2 heterocycles. The lowest BCUT2D eigenvalue weighted by molar-refractivity contribution is -0.120. The van der Waals surface area contributed by atoms with Gasteiger partial charge in [0.15, 0.2) is 0 Å². The van der Waals surface area contributed by atoms with Crippen molar-refractivity contribution in [2.45, 2.75) is 13.3 Å². The third-order valence-electron chi connectivity index (χ3n) is 2.84. The SMILES string of the molecule is C/C(=N\NC(=O)Cc1cccn1C)c1ccncc1. The van der Waals surface area contributed by atoms with Gasteiger partial charge in [-0.3, -0.25) is 9.78 Å². The van der Waals surface area contributed by atoms with Gasteiger partial charge in [-0.05, 0) is 31.2 Å². The Balaban J connectivity index is 1.95. The zero-order chi connectivity index (χ0) is 13.7. The van der Waals surface area contributed by atoms with E-state index < -0.39 is 0 Å². The second-order valence-electron chi connectivity index (χ2n) is 4.26. The zero-order valence-electron chi connectivity index (χ0n) is 11.0. The molecule has 5 heteroatoms. The van der Waals surface area contributed by atoms with E-state index in [2.05, 4.69) is 15.5 Å². The van der Waals surface area contributed by atoms with Crippen LogP contribution in [0.4, 0.5) is 0 Å². The maximum absolute atomic E-state index is 11.8. The topological polar surface area (TPSA) is 59.3 Å². The number of nitrogens with zero attached hydrogens (tertiary/aromatic N) is 3. The monoisotopic (exact) mass is 256 g/mol. The number of nitrogens with one attached hydrogen (secondary N) is 1. The Morgan fingerprint density at radius 1 is 1.37 bits per heavy atom. The van der Waals surface area contributed by atoms with Crippen molar-refractivity contribution >= 4 is 11.6 Å². The number of amides is 1. The first-order valence-electron chi connectivity index (χ1n) is 6.00. The molecule has 0 saturated heterocycles. The van der Waals surface area contributed by atoms with E-state index in [0.29, 0.717) is 6.42 Å². The lowest BCUT2D eigenvalue weighted by Gasteiger charge is -2.04. The van der Waals surface area contributed by atoms with E-state index in [9.17, 15) is 4.79 Å². The van der Waals surface area contributed by atoms with Crippen LogP contribution in [0.5, 0.6) is 0 Å². The molecule has 2 rings (SSSR count). The summed E-state index contributed by atoms with van der Waals surface area (Å²) >= 11 is 0. The quantitative estimate of drug-likeness (QED) is 0.665. The Kier molecular flexibility index (Phi) is 4.07. The molecule has 0 atom stereocenters. The summed E-state index contributed by atoms with van der Waals surface area (Å²) in [4.78, 5) is 15.7. The van der Waals surface area contributed by atoms with Crippen molar-refractivity contribution in [1.82, 2.24) is 15.0 Å². The third kappa shape index (κ3) is 3.51. The molecule has 0 saturated carbocycles. The highest BCUT2D eigenvalue weighted by molar-refractivity contribution is 5.99. The summed E-state index contributed by atoms with van der Waals surface area (Å²) in [6, 6.07) is 7.53. The van der Waals surface area contributed by atoms with E-state index in [1.807, 2.05) is 49.0 Å². The predicted molar refractivity (Wildman–Crippen MR) is 73.7 cm³/mol. The van der Waals surface area contributed by atoms with Crippen molar-refractivity contribution in [2.75, 3.05) is 0 Å². The fraction of sp³-hybridized carbons (Fsp3) is 0.214. The Hall–Kier alpha value is -2.43. The van der Waals surface area contributed by atoms with E-state index in [0.717, 1.165) is 17.0 Å². The van der Waals surface area contributed by atoms with Crippen LogP contribution in [0.25, 0.3) is 0 Å². The van der Waals surface area contributed by atoms with Crippen molar-refractivity contribution < 1.29 is 4.79 Å². The predicted octanol–water partition coefficient (Wildman–Crippen LogP) is 1.50. The van der Waals surface area contributed by atoms with Gasteiger partial charge in [-0.15, -0.1) is 0 Å². The number of carbonyl (C=O) groups is 1. The van der Waals surface area contributed by atoms with Gasteiger partial charge in [-0.25, -0.2) is 5.43 Å². The van der Waals surface area contributed by atoms with Gasteiger partial charge in [-0.2, -0.15) is 5.10 Å². The van der Waals surface area contributed by atoms with E-state index in [1.54, 1.807) is 12.4 Å². The zero-order valence-corrected chi connectivity index (χ0v) is 11.0. The molecule has 0 aliphatic carbocycles. The third-order valence-corrected chi connectivity index (χ3v) is 2.84. The molecule has 1 N–H and O–H groups in total. The number of aromatic nitrogens is 2. The molecule has 0 aliphatic rings. The number of pyridine rings is 1. The molecular weight excluding hydrogens is 240 g/mol. The lowest BCUT2D eigenvalue weighted by atomic mass is 10.2. The highest BCUT2D eigenvalue weighted by Gasteiger charge is 2.05. The van der Waals surface area contributed by atoms with Crippen molar-refractivity contribution in [3.05, 3.63) is 54.1 Å². The first-order valence-corrected chi connectivity index (χ1v) is 6.00. The molecule has 0 bridgehead atoms. The second-order valence-corrected chi connectivity index (χ2v) is 4.26. The standard InChI is InChI=1S/C14H16N4O/c1-11(12-5-7-15-8-6-12)16-17-14(19)10-13-4-3-9-18(13)2/h3-9H,10H2,1-2H3,(H,17,19)/b16-11+. The van der Waals surface area contributed by atoms with Crippen LogP contribution in [0.15, 0.2) is 48.0 Å². The lowest BCUT2D eigenvalue weighted by Crippen LogP contribution is -2.22. The Morgan fingerprint density at radius 3 is 2.74 bits per heavy atom. The fourth-order valence-corrected chi connectivity index (χ4v) is 1.69. The van der Waals surface area contributed by atoms with Crippen LogP contribution in [-0.2, 0) is 18.3 Å². The molecule has 0 fully saturated rings. The van der Waals surface area contributed by atoms with Crippen LogP contribution in [0.1, 0.15) is 18.2 Å². The van der Waals surface area contributed by atoms with E-state index >= 15 is 0 Å². The van der Waals surface area contributed by atoms with Gasteiger partial charge in [-0.1, -0.05) is 0 Å². The van der Waals surface area contributed by atoms with Crippen LogP contribution < -0.4 is 5.43 Å². The first-order chi connectivity index (χ1) is 9.16. The van der Waals surface area contributed by atoms with Gasteiger partial charge < -0.3 is 4.57 Å². The number of carbonyl (C=O) groups excluding carboxylic acids is 1. The second kappa shape index (κ2) is 5.95. The van der Waals surface area contributed by atoms with Gasteiger partial charge in [0.2, 0.25) is 5.91 Å². The molecule has 98 valence electrons. The fourth-order valence-electron chi connectivity index (χ4n) is 1.69. The minimum absolute atomic E-state index is 0.129. The van der Waals surface area contributed by atoms with E-state index in [-0.39, 0.29) is 5.91 Å². The highest BCUT2D eigenvalue weighted by atomic mass is 16.2. The molecule has 1 amide bonds. The molecule has 0 aliphatic heterocycles. The average molecular weight is 256 g/mol. The van der Waals surface area contributed by atoms with E-state index in [4.69, 9.17) is 0 Å². The molecule has 19 heavy (non-hydrogen) atoms. The molecule has 0 spiro atoms. The minimum atomic E-state index is -0.129. The number of hydrazone groups is 1. The number of hydrogen-bond acceptors (Lipinski definition) is 3. The first kappa shape index (κ1) is 13.0. The van der Waals surface area contributed by atoms with Gasteiger partial charge in [0, 0.05) is 36.9 Å². The maximum atomic E-state index is 11.8. The van der Waals surface area contributed by atoms with Crippen LogP contribution in [0.3, 0.4) is 0 Å². The summed E-state index contributed by atoms with van der Waals surface area (Å²) in [5.41, 5.74) is 5.21. The van der Waals surface area contributed by atoms with Gasteiger partial charge in [0.25, 0.3) is 0 Å². The number of aryl methyl sites for hydroxylation is 1. The number of hydrogen-bond donors (Lipinski definition) is 1. The van der Waals surface area contributed by atoms with Crippen molar-refractivity contribution in [3.63, 3.8) is 0 Å². The van der Waals surface area contributed by atoms with Crippen molar-refractivity contribution in [2.24, 2.45) is 12.1 Å². The van der Waals surface area contributed by atoms with Gasteiger partial charge in [0.1, 0.15) is 0 Å². The van der Waals surface area contributed by atoms with Crippen LogP contribution >= 0.6 is 0 Å². The smallest absolute Gasteiger partial charge is 0.246 e. The van der Waals surface area contributed by atoms with Crippen LogP contribution in [-0.4, -0.2) is 21.2 Å². The molecule has 2 aromatic heterocycles. The van der Waals surface area contributed by atoms with Crippen molar-refractivity contribution in [3.8, 4) is 0 Å². The Morgan fingerprint density at radius 2 is 2.11 bits per heavy atom. The van der Waals surface area contributed by atoms with Gasteiger partial charge >= 0.3 is 0 Å². The summed E-state index contributed by atoms with van der Waals surface area (Å²) in [7, 11) is 1.91. The van der Waals surface area contributed by atoms with E-state index in [1.165, 1.54) is 0 Å². The van der Waals surface area contributed by atoms with Crippen molar-refractivity contribution in [1.29, 1.82) is 0 Å². The normalized spacial score (nSPS) is 11.4. The average Bonchev–Trinajstić information content (AvgIpc) is 2.82. The van der Waals surface area contributed by atoms with Crippen LogP contribution in [0, 0.1) is 0 Å². The largest absolute Gasteiger partial charge is 0.354 e. The minimum Gasteiger partial charge on any atom is -0.354 e. The summed E-state index contributed by atoms with van der Waals surface area (Å²) in [6.45, 7) is 1.85. The molecule has 2 aromatic rings. The summed E-state index contributed by atoms with van der Waals surface area (Å²) in [5.74, 6) is -0.129. The Bertz CT molecular complexity index is 587. The Labute approximate surface area is 112 Å². The van der Waals surface area contributed by atoms with Gasteiger partial charge in [0.05, 0.1) is 12.1 Å². The summed E-state index contributed by atoms with van der Waals surface area (Å²) < 4.78 is 1.92. The summed E-state index contributed by atoms with van der Waals surface area (Å²) in [5, 5.41) is 4.08. The molecular formula is C14H16N4O. The van der Waals surface area contributed by atoms with Crippen LogP contribution in [0.2, 0.25) is 0 Å². The maximum Gasteiger partial charge on any atom is 0.246 e. The highest BCUT2D eigenvalue weighted by Crippen LogP contribution is 2.01. The molecule has 0 radical (unpaired) electrons. The number of rotatable bonds is 4. The molecule has 0 unspecified atom stereocenters. The molecule has 5 nitrogen and oxygen atoms in total. The molecule has 0 aromatic carbocycles. The summed E-state index contributed by atoms with van der Waals surface area (Å²) in [6.07, 6.45) is 5.62.